The Balaban J connectivity index is 2.84. The first-order valence-corrected chi connectivity index (χ1v) is 3.94. The van der Waals surface area contributed by atoms with E-state index in [1.54, 1.807) is 14.0 Å². The van der Waals surface area contributed by atoms with Crippen molar-refractivity contribution in [3.05, 3.63) is 11.8 Å². The van der Waals surface area contributed by atoms with Gasteiger partial charge in [0.25, 0.3) is 0 Å². The lowest BCUT2D eigenvalue weighted by molar-refractivity contribution is 0.0518. The molecule has 0 aliphatic heterocycles. The molecule has 0 aliphatic carbocycles. The van der Waals surface area contributed by atoms with Crippen molar-refractivity contribution in [3.8, 4) is 5.88 Å². The zero-order valence-corrected chi connectivity index (χ0v) is 7.90. The quantitative estimate of drug-likeness (QED) is 0.646. The smallest absolute Gasteiger partial charge is 0.358 e. The van der Waals surface area contributed by atoms with Gasteiger partial charge in [0.2, 0.25) is 5.88 Å². The predicted octanol–water partition coefficient (Wildman–Crippen LogP) is 0.605. The Morgan fingerprint density at radius 2 is 2.38 bits per heavy atom. The summed E-state index contributed by atoms with van der Waals surface area (Å²) in [6, 6.07) is 1.54. The van der Waals surface area contributed by atoms with E-state index in [4.69, 9.17) is 9.47 Å². The Morgan fingerprint density at radius 3 is 2.85 bits per heavy atom. The largest absolute Gasteiger partial charge is 0.481 e. The standard InChI is InChI=1S/C8H12N2O3/c1-4-13-8(11)6-5-7(12-3)10(2)9-6/h5H,4H2,1-3H3. The average Bonchev–Trinajstić information content (AvgIpc) is 2.47. The maximum Gasteiger partial charge on any atom is 0.358 e. The second-order valence-electron chi connectivity index (χ2n) is 2.42. The minimum absolute atomic E-state index is 0.265. The Labute approximate surface area is 76.3 Å². The summed E-state index contributed by atoms with van der Waals surface area (Å²) >= 11 is 0. The van der Waals surface area contributed by atoms with E-state index in [0.29, 0.717) is 12.5 Å². The van der Waals surface area contributed by atoms with Gasteiger partial charge in [-0.1, -0.05) is 0 Å². The van der Waals surface area contributed by atoms with Gasteiger partial charge in [0.05, 0.1) is 13.7 Å². The van der Waals surface area contributed by atoms with Gasteiger partial charge in [0, 0.05) is 13.1 Å². The maximum atomic E-state index is 11.2. The number of carbonyl (C=O) groups is 1. The summed E-state index contributed by atoms with van der Waals surface area (Å²) in [6.45, 7) is 2.09. The minimum atomic E-state index is -0.429. The van der Waals surface area contributed by atoms with E-state index in [9.17, 15) is 4.79 Å². The van der Waals surface area contributed by atoms with E-state index in [-0.39, 0.29) is 5.69 Å². The van der Waals surface area contributed by atoms with Crippen molar-refractivity contribution in [2.24, 2.45) is 7.05 Å². The van der Waals surface area contributed by atoms with E-state index < -0.39 is 5.97 Å². The van der Waals surface area contributed by atoms with Gasteiger partial charge in [0.1, 0.15) is 0 Å². The molecule has 0 radical (unpaired) electrons. The van der Waals surface area contributed by atoms with Gasteiger partial charge in [-0.2, -0.15) is 5.10 Å². The van der Waals surface area contributed by atoms with Crippen LogP contribution in [-0.4, -0.2) is 29.5 Å². The number of hydrogen-bond acceptors (Lipinski definition) is 4. The SMILES string of the molecule is CCOC(=O)c1cc(OC)n(C)n1. The lowest BCUT2D eigenvalue weighted by atomic mass is 10.4. The third-order valence-corrected chi connectivity index (χ3v) is 1.53. The van der Waals surface area contributed by atoms with E-state index >= 15 is 0 Å². The second kappa shape index (κ2) is 3.93. The van der Waals surface area contributed by atoms with Crippen molar-refractivity contribution >= 4 is 5.97 Å². The number of ether oxygens (including phenoxy) is 2. The van der Waals surface area contributed by atoms with E-state index in [2.05, 4.69) is 5.10 Å². The van der Waals surface area contributed by atoms with Crippen LogP contribution in [0.2, 0.25) is 0 Å². The molecule has 5 nitrogen and oxygen atoms in total. The topological polar surface area (TPSA) is 53.4 Å². The molecule has 0 saturated carbocycles. The third-order valence-electron chi connectivity index (χ3n) is 1.53. The van der Waals surface area contributed by atoms with Crippen LogP contribution >= 0.6 is 0 Å². The zero-order chi connectivity index (χ0) is 9.84. The van der Waals surface area contributed by atoms with Crippen LogP contribution in [0.5, 0.6) is 5.88 Å². The molecule has 0 fully saturated rings. The zero-order valence-electron chi connectivity index (χ0n) is 7.90. The molecule has 1 rings (SSSR count). The second-order valence-corrected chi connectivity index (χ2v) is 2.42. The fraction of sp³-hybridized carbons (Fsp3) is 0.500. The molecule has 1 heterocycles. The van der Waals surface area contributed by atoms with E-state index in [1.807, 2.05) is 0 Å². The molecule has 13 heavy (non-hydrogen) atoms. The summed E-state index contributed by atoms with van der Waals surface area (Å²) in [5.41, 5.74) is 0.265. The molecule has 1 aromatic rings. The molecule has 0 saturated heterocycles. The first-order valence-electron chi connectivity index (χ1n) is 3.94. The molecule has 1 aromatic heterocycles. The summed E-state index contributed by atoms with van der Waals surface area (Å²) < 4.78 is 11.2. The maximum absolute atomic E-state index is 11.2. The van der Waals surface area contributed by atoms with Gasteiger partial charge in [-0.15, -0.1) is 0 Å². The number of carbonyl (C=O) groups excluding carboxylic acids is 1. The highest BCUT2D eigenvalue weighted by Crippen LogP contribution is 2.11. The molecule has 0 atom stereocenters. The fourth-order valence-corrected chi connectivity index (χ4v) is 0.946. The number of aromatic nitrogens is 2. The van der Waals surface area contributed by atoms with Crippen LogP contribution in [0, 0.1) is 0 Å². The number of aryl methyl sites for hydroxylation is 1. The van der Waals surface area contributed by atoms with Crippen molar-refractivity contribution in [1.82, 2.24) is 9.78 Å². The molecule has 0 N–H and O–H groups in total. The molecule has 0 spiro atoms. The average molecular weight is 184 g/mol. The van der Waals surface area contributed by atoms with E-state index in [0.717, 1.165) is 0 Å². The van der Waals surface area contributed by atoms with Crippen molar-refractivity contribution in [3.63, 3.8) is 0 Å². The number of esters is 1. The summed E-state index contributed by atoms with van der Waals surface area (Å²) in [6.07, 6.45) is 0. The molecule has 0 aromatic carbocycles. The van der Waals surface area contributed by atoms with Crippen molar-refractivity contribution < 1.29 is 14.3 Å². The van der Waals surface area contributed by atoms with Gasteiger partial charge in [0.15, 0.2) is 5.69 Å². The number of rotatable bonds is 3. The lowest BCUT2D eigenvalue weighted by Gasteiger charge is -1.95. The van der Waals surface area contributed by atoms with Gasteiger partial charge < -0.3 is 9.47 Å². The Kier molecular flexibility index (Phi) is 2.89. The highest BCUT2D eigenvalue weighted by atomic mass is 16.5. The number of hydrogen-bond donors (Lipinski definition) is 0. The summed E-state index contributed by atoms with van der Waals surface area (Å²) in [5, 5.41) is 3.92. The Hall–Kier alpha value is -1.52. The molecule has 0 aliphatic rings. The van der Waals surface area contributed by atoms with Gasteiger partial charge in [-0.25, -0.2) is 9.48 Å². The summed E-state index contributed by atoms with van der Waals surface area (Å²) in [4.78, 5) is 11.2. The Bertz CT molecular complexity index is 306. The lowest BCUT2D eigenvalue weighted by Crippen LogP contribution is -2.05. The van der Waals surface area contributed by atoms with Crippen LogP contribution in [0.15, 0.2) is 6.07 Å². The first kappa shape index (κ1) is 9.57. The predicted molar refractivity (Wildman–Crippen MR) is 45.7 cm³/mol. The van der Waals surface area contributed by atoms with Crippen molar-refractivity contribution in [2.45, 2.75) is 6.92 Å². The monoisotopic (exact) mass is 184 g/mol. The summed E-state index contributed by atoms with van der Waals surface area (Å²) in [5.74, 6) is 0.101. The molecule has 0 bridgehead atoms. The van der Waals surface area contributed by atoms with Crippen LogP contribution in [0.25, 0.3) is 0 Å². The van der Waals surface area contributed by atoms with Crippen molar-refractivity contribution in [1.29, 1.82) is 0 Å². The van der Waals surface area contributed by atoms with Crippen LogP contribution in [-0.2, 0) is 11.8 Å². The van der Waals surface area contributed by atoms with Crippen LogP contribution in [0.4, 0.5) is 0 Å². The highest BCUT2D eigenvalue weighted by Gasteiger charge is 2.13. The molecule has 72 valence electrons. The third kappa shape index (κ3) is 1.99. The molecule has 0 unspecified atom stereocenters. The van der Waals surface area contributed by atoms with Gasteiger partial charge in [-0.3, -0.25) is 0 Å². The van der Waals surface area contributed by atoms with Crippen molar-refractivity contribution in [2.75, 3.05) is 13.7 Å². The minimum Gasteiger partial charge on any atom is -0.481 e. The highest BCUT2D eigenvalue weighted by molar-refractivity contribution is 5.87. The van der Waals surface area contributed by atoms with Gasteiger partial charge >= 0.3 is 5.97 Å². The Morgan fingerprint density at radius 1 is 1.69 bits per heavy atom. The van der Waals surface area contributed by atoms with Crippen LogP contribution < -0.4 is 4.74 Å². The summed E-state index contributed by atoms with van der Waals surface area (Å²) in [7, 11) is 3.22. The van der Waals surface area contributed by atoms with Gasteiger partial charge in [-0.05, 0) is 6.92 Å². The number of methoxy groups -OCH3 is 1. The molecule has 0 amide bonds. The van der Waals surface area contributed by atoms with E-state index in [1.165, 1.54) is 17.9 Å². The molecular weight excluding hydrogens is 172 g/mol. The molecular formula is C8H12N2O3. The molecule has 5 heteroatoms. The number of nitrogens with zero attached hydrogens (tertiary/aromatic N) is 2. The van der Waals surface area contributed by atoms with Crippen LogP contribution in [0.3, 0.4) is 0 Å². The van der Waals surface area contributed by atoms with Crippen LogP contribution in [0.1, 0.15) is 17.4 Å². The normalized spacial score (nSPS) is 9.77. The fourth-order valence-electron chi connectivity index (χ4n) is 0.946. The first-order chi connectivity index (χ1) is 6.19.